The molecule has 17 heavy (non-hydrogen) atoms. The predicted molar refractivity (Wildman–Crippen MR) is 78.3 cm³/mol. The lowest BCUT2D eigenvalue weighted by Gasteiger charge is -2.06. The monoisotopic (exact) mass is 236 g/mol. The Morgan fingerprint density at radius 3 is 2.06 bits per heavy atom. The molecule has 0 aromatic heterocycles. The van der Waals surface area contributed by atoms with Crippen molar-refractivity contribution < 1.29 is 0 Å². The van der Waals surface area contributed by atoms with Gasteiger partial charge in [-0.2, -0.15) is 0 Å². The first-order valence-electron chi connectivity index (χ1n) is 8.00. The van der Waals surface area contributed by atoms with E-state index in [0.717, 1.165) is 5.92 Å². The Labute approximate surface area is 109 Å². The van der Waals surface area contributed by atoms with Gasteiger partial charge in [-0.1, -0.05) is 76.4 Å². The number of unbranched alkanes of at least 4 members (excludes halogenated alkanes) is 8. The third kappa shape index (κ3) is 7.63. The largest absolute Gasteiger partial charge is 0.0825 e. The van der Waals surface area contributed by atoms with Gasteiger partial charge in [-0.3, -0.25) is 0 Å². The second-order valence-corrected chi connectivity index (χ2v) is 5.93. The van der Waals surface area contributed by atoms with Crippen LogP contribution < -0.4 is 0 Å². The second kappa shape index (κ2) is 9.74. The van der Waals surface area contributed by atoms with Gasteiger partial charge in [0, 0.05) is 0 Å². The summed E-state index contributed by atoms with van der Waals surface area (Å²) in [6.07, 6.45) is 19.9. The standard InChI is InChI=1S/C17H32/c1-3-4-5-6-7-8-9-10-11-12-17-14-13-16(2)15-17/h15,17H,3-14H2,1-2H3. The third-order valence-electron chi connectivity index (χ3n) is 4.11. The minimum absolute atomic E-state index is 0.930. The maximum absolute atomic E-state index is 2.52. The third-order valence-corrected chi connectivity index (χ3v) is 4.11. The van der Waals surface area contributed by atoms with Crippen molar-refractivity contribution in [2.45, 2.75) is 90.9 Å². The molecule has 0 nitrogen and oxygen atoms in total. The minimum Gasteiger partial charge on any atom is -0.0825 e. The first kappa shape index (κ1) is 14.8. The van der Waals surface area contributed by atoms with E-state index in [1.54, 1.807) is 5.57 Å². The first-order valence-corrected chi connectivity index (χ1v) is 8.00. The highest BCUT2D eigenvalue weighted by atomic mass is 14.2. The normalized spacial score (nSPS) is 19.6. The zero-order valence-electron chi connectivity index (χ0n) is 12.1. The molecule has 1 atom stereocenters. The summed E-state index contributed by atoms with van der Waals surface area (Å²) in [4.78, 5) is 0. The van der Waals surface area contributed by atoms with Crippen molar-refractivity contribution in [1.82, 2.24) is 0 Å². The van der Waals surface area contributed by atoms with Crippen molar-refractivity contribution in [1.29, 1.82) is 0 Å². The van der Waals surface area contributed by atoms with Gasteiger partial charge in [-0.15, -0.1) is 0 Å². The predicted octanol–water partition coefficient (Wildman–Crippen LogP) is 6.26. The summed E-state index contributed by atoms with van der Waals surface area (Å²) >= 11 is 0. The van der Waals surface area contributed by atoms with Gasteiger partial charge >= 0.3 is 0 Å². The Kier molecular flexibility index (Phi) is 8.48. The molecule has 0 bridgehead atoms. The van der Waals surface area contributed by atoms with E-state index in [4.69, 9.17) is 0 Å². The van der Waals surface area contributed by atoms with E-state index < -0.39 is 0 Å². The van der Waals surface area contributed by atoms with Crippen LogP contribution in [-0.4, -0.2) is 0 Å². The SMILES string of the molecule is CCCCCCCCCCCC1C=C(C)CC1. The van der Waals surface area contributed by atoms with Gasteiger partial charge in [-0.05, 0) is 32.1 Å². The van der Waals surface area contributed by atoms with E-state index in [2.05, 4.69) is 19.9 Å². The van der Waals surface area contributed by atoms with Crippen LogP contribution >= 0.6 is 0 Å². The molecule has 0 aromatic rings. The fourth-order valence-electron chi connectivity index (χ4n) is 2.93. The summed E-state index contributed by atoms with van der Waals surface area (Å²) < 4.78 is 0. The fraction of sp³-hybridized carbons (Fsp3) is 0.882. The molecule has 0 saturated carbocycles. The van der Waals surface area contributed by atoms with Crippen LogP contribution in [0.2, 0.25) is 0 Å². The molecule has 0 aliphatic heterocycles. The molecule has 1 rings (SSSR count). The van der Waals surface area contributed by atoms with E-state index in [0.29, 0.717) is 0 Å². The zero-order chi connectivity index (χ0) is 12.3. The van der Waals surface area contributed by atoms with Crippen LogP contribution in [-0.2, 0) is 0 Å². The van der Waals surface area contributed by atoms with Crippen molar-refractivity contribution in [2.75, 3.05) is 0 Å². The van der Waals surface area contributed by atoms with Crippen molar-refractivity contribution >= 4 is 0 Å². The highest BCUT2D eigenvalue weighted by Gasteiger charge is 2.11. The topological polar surface area (TPSA) is 0 Å². The molecule has 0 aromatic carbocycles. The van der Waals surface area contributed by atoms with Crippen LogP contribution in [0.25, 0.3) is 0 Å². The molecule has 0 fully saturated rings. The van der Waals surface area contributed by atoms with Crippen molar-refractivity contribution in [2.24, 2.45) is 5.92 Å². The molecular weight excluding hydrogens is 204 g/mol. The lowest BCUT2D eigenvalue weighted by molar-refractivity contribution is 0.506. The Morgan fingerprint density at radius 2 is 1.53 bits per heavy atom. The quantitative estimate of drug-likeness (QED) is 0.310. The number of hydrogen-bond acceptors (Lipinski definition) is 0. The van der Waals surface area contributed by atoms with Crippen LogP contribution in [0.4, 0.5) is 0 Å². The lowest BCUT2D eigenvalue weighted by atomic mass is 9.99. The first-order chi connectivity index (χ1) is 8.33. The van der Waals surface area contributed by atoms with Crippen molar-refractivity contribution in [3.05, 3.63) is 11.6 Å². The maximum Gasteiger partial charge on any atom is -0.0228 e. The van der Waals surface area contributed by atoms with Gasteiger partial charge in [0.1, 0.15) is 0 Å². The lowest BCUT2D eigenvalue weighted by Crippen LogP contribution is -1.91. The molecular formula is C17H32. The molecule has 0 amide bonds. The Bertz CT molecular complexity index is 202. The summed E-state index contributed by atoms with van der Waals surface area (Å²) in [6.45, 7) is 4.58. The Balaban J connectivity index is 1.79. The minimum atomic E-state index is 0.930. The molecule has 0 N–H and O–H groups in total. The average molecular weight is 236 g/mol. The molecule has 1 aliphatic carbocycles. The number of hydrogen-bond donors (Lipinski definition) is 0. The number of allylic oxidation sites excluding steroid dienone is 2. The highest BCUT2D eigenvalue weighted by Crippen LogP contribution is 2.27. The summed E-state index contributed by atoms with van der Waals surface area (Å²) in [5.74, 6) is 0.930. The molecule has 0 radical (unpaired) electrons. The molecule has 1 aliphatic rings. The van der Waals surface area contributed by atoms with E-state index >= 15 is 0 Å². The van der Waals surface area contributed by atoms with Gasteiger partial charge in [0.15, 0.2) is 0 Å². The van der Waals surface area contributed by atoms with E-state index in [-0.39, 0.29) is 0 Å². The molecule has 1 unspecified atom stereocenters. The maximum atomic E-state index is 2.52. The van der Waals surface area contributed by atoms with Crippen molar-refractivity contribution in [3.63, 3.8) is 0 Å². The van der Waals surface area contributed by atoms with Crippen molar-refractivity contribution in [3.8, 4) is 0 Å². The highest BCUT2D eigenvalue weighted by molar-refractivity contribution is 5.07. The van der Waals surface area contributed by atoms with E-state index in [1.807, 2.05) is 0 Å². The molecule has 0 heteroatoms. The summed E-state index contributed by atoms with van der Waals surface area (Å²) in [5, 5.41) is 0. The van der Waals surface area contributed by atoms with Gasteiger partial charge in [0.2, 0.25) is 0 Å². The second-order valence-electron chi connectivity index (χ2n) is 5.93. The van der Waals surface area contributed by atoms with E-state index in [1.165, 1.54) is 77.0 Å². The van der Waals surface area contributed by atoms with Gasteiger partial charge in [0.05, 0.1) is 0 Å². The van der Waals surface area contributed by atoms with Crippen LogP contribution in [0, 0.1) is 5.92 Å². The molecule has 0 saturated heterocycles. The summed E-state index contributed by atoms with van der Waals surface area (Å²) in [7, 11) is 0. The fourth-order valence-corrected chi connectivity index (χ4v) is 2.93. The summed E-state index contributed by atoms with van der Waals surface area (Å²) in [5.41, 5.74) is 1.63. The summed E-state index contributed by atoms with van der Waals surface area (Å²) in [6, 6.07) is 0. The van der Waals surface area contributed by atoms with Gasteiger partial charge in [0.25, 0.3) is 0 Å². The molecule has 0 heterocycles. The van der Waals surface area contributed by atoms with Crippen LogP contribution in [0.15, 0.2) is 11.6 Å². The Hall–Kier alpha value is -0.260. The van der Waals surface area contributed by atoms with Gasteiger partial charge in [-0.25, -0.2) is 0 Å². The van der Waals surface area contributed by atoms with Gasteiger partial charge < -0.3 is 0 Å². The van der Waals surface area contributed by atoms with Crippen LogP contribution in [0.3, 0.4) is 0 Å². The smallest absolute Gasteiger partial charge is 0.0228 e. The number of rotatable bonds is 10. The van der Waals surface area contributed by atoms with Crippen LogP contribution in [0.5, 0.6) is 0 Å². The molecule has 0 spiro atoms. The Morgan fingerprint density at radius 1 is 0.941 bits per heavy atom. The zero-order valence-corrected chi connectivity index (χ0v) is 12.1. The van der Waals surface area contributed by atoms with Crippen LogP contribution in [0.1, 0.15) is 90.9 Å². The van der Waals surface area contributed by atoms with E-state index in [9.17, 15) is 0 Å². The average Bonchev–Trinajstić information content (AvgIpc) is 2.73. The molecule has 100 valence electrons.